The van der Waals surface area contributed by atoms with E-state index in [1.807, 2.05) is 0 Å². The number of carbonyl (C=O) groups is 1. The average molecular weight is 240 g/mol. The van der Waals surface area contributed by atoms with Crippen LogP contribution in [-0.4, -0.2) is 31.2 Å². The van der Waals surface area contributed by atoms with Crippen LogP contribution in [-0.2, 0) is 4.74 Å². The number of nitrogens with zero attached hydrogens (tertiary/aromatic N) is 2. The van der Waals surface area contributed by atoms with Gasteiger partial charge in [-0.25, -0.2) is 9.78 Å². The minimum atomic E-state index is -0.304. The quantitative estimate of drug-likeness (QED) is 0.743. The summed E-state index contributed by atoms with van der Waals surface area (Å²) >= 11 is 1.40. The monoisotopic (exact) mass is 240 g/mol. The van der Waals surface area contributed by atoms with E-state index >= 15 is 0 Å². The summed E-state index contributed by atoms with van der Waals surface area (Å²) in [5, 5.41) is 0.922. The van der Waals surface area contributed by atoms with Crippen LogP contribution in [0.25, 0.3) is 0 Å². The van der Waals surface area contributed by atoms with Crippen LogP contribution in [0.4, 0.5) is 5.13 Å². The molecular weight excluding hydrogens is 224 g/mol. The maximum absolute atomic E-state index is 11.3. The van der Waals surface area contributed by atoms with E-state index in [4.69, 9.17) is 0 Å². The van der Waals surface area contributed by atoms with Crippen molar-refractivity contribution >= 4 is 22.4 Å². The molecule has 0 aliphatic carbocycles. The number of methoxy groups -OCH3 is 1. The highest BCUT2D eigenvalue weighted by Gasteiger charge is 2.30. The van der Waals surface area contributed by atoms with Crippen molar-refractivity contribution in [1.82, 2.24) is 4.98 Å². The number of ether oxygens (including phenoxy) is 1. The first-order chi connectivity index (χ1) is 7.52. The zero-order chi connectivity index (χ0) is 11.8. The SMILES string of the molecule is COC(=O)c1cnc(N2CCC(C)(C)C2)s1. The molecule has 16 heavy (non-hydrogen) atoms. The summed E-state index contributed by atoms with van der Waals surface area (Å²) in [6, 6.07) is 0. The van der Waals surface area contributed by atoms with Gasteiger partial charge in [0.2, 0.25) is 0 Å². The van der Waals surface area contributed by atoms with E-state index in [2.05, 4.69) is 28.5 Å². The number of hydrogen-bond acceptors (Lipinski definition) is 5. The molecule has 0 radical (unpaired) electrons. The van der Waals surface area contributed by atoms with Crippen LogP contribution in [0.15, 0.2) is 6.20 Å². The van der Waals surface area contributed by atoms with Gasteiger partial charge in [0.1, 0.15) is 4.88 Å². The van der Waals surface area contributed by atoms with Gasteiger partial charge in [0.05, 0.1) is 13.3 Å². The maximum Gasteiger partial charge on any atom is 0.349 e. The van der Waals surface area contributed by atoms with Gasteiger partial charge in [-0.1, -0.05) is 25.2 Å². The topological polar surface area (TPSA) is 42.4 Å². The maximum atomic E-state index is 11.3. The van der Waals surface area contributed by atoms with Gasteiger partial charge in [-0.05, 0) is 11.8 Å². The van der Waals surface area contributed by atoms with Gasteiger partial charge >= 0.3 is 5.97 Å². The molecule has 0 amide bonds. The van der Waals surface area contributed by atoms with Crippen molar-refractivity contribution in [3.8, 4) is 0 Å². The summed E-state index contributed by atoms with van der Waals surface area (Å²) in [6.07, 6.45) is 2.76. The smallest absolute Gasteiger partial charge is 0.349 e. The molecule has 0 unspecified atom stereocenters. The van der Waals surface area contributed by atoms with Crippen molar-refractivity contribution in [2.45, 2.75) is 20.3 Å². The van der Waals surface area contributed by atoms with Gasteiger partial charge < -0.3 is 9.64 Å². The van der Waals surface area contributed by atoms with E-state index in [9.17, 15) is 4.79 Å². The molecule has 0 spiro atoms. The number of aromatic nitrogens is 1. The molecule has 0 bridgehead atoms. The van der Waals surface area contributed by atoms with Crippen LogP contribution in [0.3, 0.4) is 0 Å². The zero-order valence-electron chi connectivity index (χ0n) is 9.82. The van der Waals surface area contributed by atoms with Crippen LogP contribution in [0, 0.1) is 5.41 Å². The molecule has 1 aromatic heterocycles. The van der Waals surface area contributed by atoms with E-state index in [1.54, 1.807) is 6.20 Å². The first-order valence-corrected chi connectivity index (χ1v) is 6.12. The molecule has 4 nitrogen and oxygen atoms in total. The number of rotatable bonds is 2. The Kier molecular flexibility index (Phi) is 2.88. The number of thiazole rings is 1. The highest BCUT2D eigenvalue weighted by molar-refractivity contribution is 7.17. The molecule has 0 atom stereocenters. The fraction of sp³-hybridized carbons (Fsp3) is 0.636. The lowest BCUT2D eigenvalue weighted by molar-refractivity contribution is 0.0606. The van der Waals surface area contributed by atoms with Gasteiger partial charge in [-0.15, -0.1) is 0 Å². The molecule has 0 N–H and O–H groups in total. The molecule has 2 rings (SSSR count). The third-order valence-electron chi connectivity index (χ3n) is 2.83. The Morgan fingerprint density at radius 2 is 2.38 bits per heavy atom. The molecule has 1 fully saturated rings. The van der Waals surface area contributed by atoms with Gasteiger partial charge in [0.25, 0.3) is 0 Å². The fourth-order valence-corrected chi connectivity index (χ4v) is 2.74. The van der Waals surface area contributed by atoms with Crippen LogP contribution in [0.2, 0.25) is 0 Å². The molecule has 1 aliphatic heterocycles. The van der Waals surface area contributed by atoms with Crippen molar-refractivity contribution < 1.29 is 9.53 Å². The van der Waals surface area contributed by atoms with Gasteiger partial charge in [0.15, 0.2) is 5.13 Å². The van der Waals surface area contributed by atoms with E-state index in [1.165, 1.54) is 24.9 Å². The summed E-state index contributed by atoms with van der Waals surface area (Å²) in [6.45, 7) is 6.52. The first kappa shape index (κ1) is 11.4. The summed E-state index contributed by atoms with van der Waals surface area (Å²) in [5.41, 5.74) is 0.344. The lowest BCUT2D eigenvalue weighted by atomic mass is 9.93. The minimum Gasteiger partial charge on any atom is -0.465 e. The van der Waals surface area contributed by atoms with Crippen LogP contribution < -0.4 is 4.90 Å². The normalized spacial score (nSPS) is 18.8. The Hall–Kier alpha value is -1.10. The van der Waals surface area contributed by atoms with E-state index in [-0.39, 0.29) is 5.97 Å². The highest BCUT2D eigenvalue weighted by Crippen LogP contribution is 2.34. The molecule has 5 heteroatoms. The Morgan fingerprint density at radius 3 is 2.94 bits per heavy atom. The fourth-order valence-electron chi connectivity index (χ4n) is 1.88. The second kappa shape index (κ2) is 4.05. The summed E-state index contributed by atoms with van der Waals surface area (Å²) < 4.78 is 4.67. The molecule has 2 heterocycles. The zero-order valence-corrected chi connectivity index (χ0v) is 10.6. The second-order valence-electron chi connectivity index (χ2n) is 4.83. The lowest BCUT2D eigenvalue weighted by Crippen LogP contribution is -2.22. The second-order valence-corrected chi connectivity index (χ2v) is 5.84. The molecule has 1 aromatic rings. The number of carbonyl (C=O) groups excluding carboxylic acids is 1. The Labute approximate surface area is 99.2 Å². The Bertz CT molecular complexity index is 400. The number of esters is 1. The van der Waals surface area contributed by atoms with Gasteiger partial charge in [0, 0.05) is 13.1 Å². The largest absolute Gasteiger partial charge is 0.465 e. The predicted octanol–water partition coefficient (Wildman–Crippen LogP) is 2.17. The van der Waals surface area contributed by atoms with Crippen molar-refractivity contribution in [2.24, 2.45) is 5.41 Å². The van der Waals surface area contributed by atoms with Crippen molar-refractivity contribution in [3.63, 3.8) is 0 Å². The lowest BCUT2D eigenvalue weighted by Gasteiger charge is -2.18. The summed E-state index contributed by atoms with van der Waals surface area (Å²) in [4.78, 5) is 18.4. The highest BCUT2D eigenvalue weighted by atomic mass is 32.1. The van der Waals surface area contributed by atoms with E-state index < -0.39 is 0 Å². The first-order valence-electron chi connectivity index (χ1n) is 5.31. The molecule has 0 aromatic carbocycles. The summed E-state index contributed by atoms with van der Waals surface area (Å²) in [7, 11) is 1.39. The van der Waals surface area contributed by atoms with Crippen LogP contribution in [0.5, 0.6) is 0 Å². The molecule has 88 valence electrons. The van der Waals surface area contributed by atoms with Crippen molar-refractivity contribution in [2.75, 3.05) is 25.1 Å². The molecule has 0 saturated carbocycles. The minimum absolute atomic E-state index is 0.304. The summed E-state index contributed by atoms with van der Waals surface area (Å²) in [5.74, 6) is -0.304. The molecule has 1 aliphatic rings. The third-order valence-corrected chi connectivity index (χ3v) is 3.87. The molecule has 1 saturated heterocycles. The van der Waals surface area contributed by atoms with Crippen molar-refractivity contribution in [3.05, 3.63) is 11.1 Å². The van der Waals surface area contributed by atoms with Gasteiger partial charge in [-0.3, -0.25) is 0 Å². The van der Waals surface area contributed by atoms with Crippen molar-refractivity contribution in [1.29, 1.82) is 0 Å². The van der Waals surface area contributed by atoms with E-state index in [0.717, 1.165) is 18.2 Å². The third kappa shape index (κ3) is 2.19. The number of hydrogen-bond donors (Lipinski definition) is 0. The van der Waals surface area contributed by atoms with E-state index in [0.29, 0.717) is 10.3 Å². The standard InChI is InChI=1S/C11H16N2O2S/c1-11(2)4-5-13(7-11)10-12-6-8(16-10)9(14)15-3/h6H,4-5,7H2,1-3H3. The predicted molar refractivity (Wildman–Crippen MR) is 64.1 cm³/mol. The average Bonchev–Trinajstić information content (AvgIpc) is 2.83. The molecular formula is C11H16N2O2S. The van der Waals surface area contributed by atoms with Gasteiger partial charge in [-0.2, -0.15) is 0 Å². The van der Waals surface area contributed by atoms with Crippen LogP contribution in [0.1, 0.15) is 29.9 Å². The Balaban J connectivity index is 2.11. The Morgan fingerprint density at radius 1 is 1.62 bits per heavy atom. The van der Waals surface area contributed by atoms with Crippen LogP contribution >= 0.6 is 11.3 Å². The number of anilines is 1.